The van der Waals surface area contributed by atoms with E-state index in [0.717, 1.165) is 36.5 Å². The zero-order valence-electron chi connectivity index (χ0n) is 13.1. The number of benzene rings is 1. The highest BCUT2D eigenvalue weighted by Crippen LogP contribution is 2.31. The third-order valence-electron chi connectivity index (χ3n) is 4.30. The lowest BCUT2D eigenvalue weighted by Crippen LogP contribution is -2.25. The molecule has 0 aliphatic carbocycles. The SMILES string of the molecule is Cc1cc2c(N[C@H](c3ccccc3)[C@H]3CCCO3)nccn2n1. The second-order valence-electron chi connectivity index (χ2n) is 5.98. The molecule has 1 aliphatic rings. The molecular formula is C18H20N4O. The van der Waals surface area contributed by atoms with Crippen molar-refractivity contribution in [2.24, 2.45) is 0 Å². The lowest BCUT2D eigenvalue weighted by molar-refractivity contribution is 0.0953. The minimum absolute atomic E-state index is 0.0904. The Kier molecular flexibility index (Phi) is 3.71. The number of rotatable bonds is 4. The van der Waals surface area contributed by atoms with Crippen LogP contribution in [0.15, 0.2) is 48.8 Å². The van der Waals surface area contributed by atoms with Crippen molar-refractivity contribution in [3.63, 3.8) is 0 Å². The van der Waals surface area contributed by atoms with Crippen LogP contribution in [-0.4, -0.2) is 27.3 Å². The molecule has 1 aliphatic heterocycles. The molecule has 2 aromatic heterocycles. The summed E-state index contributed by atoms with van der Waals surface area (Å²) in [5.41, 5.74) is 3.19. The van der Waals surface area contributed by atoms with Crippen molar-refractivity contribution in [2.45, 2.75) is 31.9 Å². The largest absolute Gasteiger partial charge is 0.376 e. The fraction of sp³-hybridized carbons (Fsp3) is 0.333. The maximum atomic E-state index is 5.95. The van der Waals surface area contributed by atoms with Gasteiger partial charge in [0.25, 0.3) is 0 Å². The summed E-state index contributed by atoms with van der Waals surface area (Å²) in [7, 11) is 0. The first-order valence-corrected chi connectivity index (χ1v) is 8.05. The molecule has 23 heavy (non-hydrogen) atoms. The number of fused-ring (bicyclic) bond motifs is 1. The van der Waals surface area contributed by atoms with Crippen LogP contribution in [0, 0.1) is 6.92 Å². The van der Waals surface area contributed by atoms with Gasteiger partial charge < -0.3 is 10.1 Å². The molecule has 2 atom stereocenters. The van der Waals surface area contributed by atoms with Crippen LogP contribution in [0.3, 0.4) is 0 Å². The van der Waals surface area contributed by atoms with Gasteiger partial charge in [0, 0.05) is 19.0 Å². The fourth-order valence-electron chi connectivity index (χ4n) is 3.22. The van der Waals surface area contributed by atoms with E-state index in [-0.39, 0.29) is 12.1 Å². The zero-order chi connectivity index (χ0) is 15.6. The Labute approximate surface area is 135 Å². The molecule has 0 unspecified atom stereocenters. The summed E-state index contributed by atoms with van der Waals surface area (Å²) in [5, 5.41) is 8.05. The lowest BCUT2D eigenvalue weighted by atomic mass is 9.99. The van der Waals surface area contributed by atoms with E-state index in [1.54, 1.807) is 6.20 Å². The average Bonchev–Trinajstić information content (AvgIpc) is 3.22. The molecule has 0 bridgehead atoms. The number of hydrogen-bond acceptors (Lipinski definition) is 4. The van der Waals surface area contributed by atoms with Crippen LogP contribution in [-0.2, 0) is 4.74 Å². The van der Waals surface area contributed by atoms with Crippen molar-refractivity contribution in [1.82, 2.24) is 14.6 Å². The van der Waals surface area contributed by atoms with Gasteiger partial charge in [-0.25, -0.2) is 9.50 Å². The van der Waals surface area contributed by atoms with E-state index in [9.17, 15) is 0 Å². The molecule has 1 N–H and O–H groups in total. The Balaban J connectivity index is 1.71. The van der Waals surface area contributed by atoms with Crippen LogP contribution in [0.4, 0.5) is 5.82 Å². The van der Waals surface area contributed by atoms with E-state index in [0.29, 0.717) is 0 Å². The van der Waals surface area contributed by atoms with E-state index in [4.69, 9.17) is 4.74 Å². The van der Waals surface area contributed by atoms with Gasteiger partial charge in [-0.1, -0.05) is 30.3 Å². The molecule has 1 fully saturated rings. The first-order chi connectivity index (χ1) is 11.3. The van der Waals surface area contributed by atoms with Crippen molar-refractivity contribution in [1.29, 1.82) is 0 Å². The smallest absolute Gasteiger partial charge is 0.152 e. The normalized spacial score (nSPS) is 19.1. The van der Waals surface area contributed by atoms with Crippen LogP contribution in [0.2, 0.25) is 0 Å². The summed E-state index contributed by atoms with van der Waals surface area (Å²) in [6.45, 7) is 2.82. The van der Waals surface area contributed by atoms with Crippen LogP contribution in [0.1, 0.15) is 30.1 Å². The highest BCUT2D eigenvalue weighted by Gasteiger charge is 2.28. The maximum absolute atomic E-state index is 5.95. The molecule has 5 nitrogen and oxygen atoms in total. The third-order valence-corrected chi connectivity index (χ3v) is 4.30. The summed E-state index contributed by atoms with van der Waals surface area (Å²) in [6, 6.07) is 12.6. The fourth-order valence-corrected chi connectivity index (χ4v) is 3.22. The van der Waals surface area contributed by atoms with E-state index in [1.807, 2.05) is 29.8 Å². The minimum Gasteiger partial charge on any atom is -0.376 e. The number of nitrogens with zero attached hydrogens (tertiary/aromatic N) is 3. The maximum Gasteiger partial charge on any atom is 0.152 e. The number of aromatic nitrogens is 3. The van der Waals surface area contributed by atoms with E-state index >= 15 is 0 Å². The summed E-state index contributed by atoms with van der Waals surface area (Å²) in [6.07, 6.45) is 5.99. The quantitative estimate of drug-likeness (QED) is 0.803. The predicted molar refractivity (Wildman–Crippen MR) is 89.5 cm³/mol. The topological polar surface area (TPSA) is 51.5 Å². The highest BCUT2D eigenvalue weighted by molar-refractivity contribution is 5.68. The number of ether oxygens (including phenoxy) is 1. The average molecular weight is 308 g/mol. The molecule has 1 saturated heterocycles. The van der Waals surface area contributed by atoms with Crippen LogP contribution < -0.4 is 5.32 Å². The Morgan fingerprint density at radius 2 is 2.17 bits per heavy atom. The molecule has 0 radical (unpaired) electrons. The van der Waals surface area contributed by atoms with Crippen molar-refractivity contribution in [3.8, 4) is 0 Å². The van der Waals surface area contributed by atoms with Crippen LogP contribution in [0.25, 0.3) is 5.52 Å². The van der Waals surface area contributed by atoms with Gasteiger partial charge in [0.05, 0.1) is 17.8 Å². The van der Waals surface area contributed by atoms with Crippen LogP contribution in [0.5, 0.6) is 0 Å². The van der Waals surface area contributed by atoms with E-state index in [2.05, 4.69) is 39.7 Å². The molecule has 3 aromatic rings. The first kappa shape index (κ1) is 14.2. The molecule has 5 heteroatoms. The number of aryl methyl sites for hydroxylation is 1. The third kappa shape index (κ3) is 2.80. The van der Waals surface area contributed by atoms with Gasteiger partial charge in [0.15, 0.2) is 5.82 Å². The van der Waals surface area contributed by atoms with E-state index < -0.39 is 0 Å². The second-order valence-corrected chi connectivity index (χ2v) is 5.98. The molecule has 3 heterocycles. The molecule has 0 amide bonds. The Morgan fingerprint density at radius 1 is 1.30 bits per heavy atom. The molecule has 0 saturated carbocycles. The lowest BCUT2D eigenvalue weighted by Gasteiger charge is -2.25. The van der Waals surface area contributed by atoms with Gasteiger partial charge in [-0.2, -0.15) is 5.10 Å². The number of nitrogens with one attached hydrogen (secondary N) is 1. The van der Waals surface area contributed by atoms with Crippen LogP contribution >= 0.6 is 0 Å². The van der Waals surface area contributed by atoms with Gasteiger partial charge in [0.2, 0.25) is 0 Å². The van der Waals surface area contributed by atoms with Crippen molar-refractivity contribution < 1.29 is 4.74 Å². The molecule has 1 aromatic carbocycles. The zero-order valence-corrected chi connectivity index (χ0v) is 13.1. The number of anilines is 1. The number of hydrogen-bond donors (Lipinski definition) is 1. The first-order valence-electron chi connectivity index (χ1n) is 8.05. The summed E-state index contributed by atoms with van der Waals surface area (Å²) in [5.74, 6) is 0.845. The summed E-state index contributed by atoms with van der Waals surface area (Å²) >= 11 is 0. The standard InChI is InChI=1S/C18H20N4O/c1-13-12-15-18(19-9-10-22(15)21-13)20-17(16-8-5-11-23-16)14-6-3-2-4-7-14/h2-4,6-7,9-10,12,16-17H,5,8,11H2,1H3,(H,19,20)/t16-,17-/m1/s1. The Bertz CT molecular complexity index is 793. The Hall–Kier alpha value is -2.40. The second kappa shape index (κ2) is 6.01. The van der Waals surface area contributed by atoms with Gasteiger partial charge in [0.1, 0.15) is 5.52 Å². The van der Waals surface area contributed by atoms with Gasteiger partial charge in [-0.3, -0.25) is 0 Å². The summed E-state index contributed by atoms with van der Waals surface area (Å²) in [4.78, 5) is 4.53. The molecular weight excluding hydrogens is 288 g/mol. The predicted octanol–water partition coefficient (Wildman–Crippen LogP) is 3.37. The molecule has 4 rings (SSSR count). The van der Waals surface area contributed by atoms with Gasteiger partial charge in [-0.05, 0) is 31.4 Å². The Morgan fingerprint density at radius 3 is 2.96 bits per heavy atom. The van der Waals surface area contributed by atoms with Crippen molar-refractivity contribution >= 4 is 11.3 Å². The van der Waals surface area contributed by atoms with E-state index in [1.165, 1.54) is 5.56 Å². The highest BCUT2D eigenvalue weighted by atomic mass is 16.5. The molecule has 118 valence electrons. The van der Waals surface area contributed by atoms with Crippen molar-refractivity contribution in [3.05, 3.63) is 60.0 Å². The summed E-state index contributed by atoms with van der Waals surface area (Å²) < 4.78 is 7.81. The molecule has 0 spiro atoms. The van der Waals surface area contributed by atoms with Crippen molar-refractivity contribution in [2.75, 3.05) is 11.9 Å². The minimum atomic E-state index is 0.0904. The van der Waals surface area contributed by atoms with Gasteiger partial charge in [-0.15, -0.1) is 0 Å². The van der Waals surface area contributed by atoms with Gasteiger partial charge >= 0.3 is 0 Å². The monoisotopic (exact) mass is 308 g/mol.